The Labute approximate surface area is 166 Å². The van der Waals surface area contributed by atoms with E-state index in [9.17, 15) is 23.5 Å². The van der Waals surface area contributed by atoms with E-state index in [0.29, 0.717) is 16.8 Å². The fourth-order valence-electron chi connectivity index (χ4n) is 3.62. The highest BCUT2D eigenvalue weighted by atomic mass is 19.1. The van der Waals surface area contributed by atoms with Crippen molar-refractivity contribution in [1.29, 1.82) is 0 Å². The lowest BCUT2D eigenvalue weighted by Crippen LogP contribution is -2.41. The summed E-state index contributed by atoms with van der Waals surface area (Å²) in [6.07, 6.45) is -0.478. The van der Waals surface area contributed by atoms with Gasteiger partial charge in [0.05, 0.1) is 18.7 Å². The maximum atomic E-state index is 13.6. The molecule has 0 bridgehead atoms. The molecule has 1 atom stereocenters. The molecule has 0 aromatic heterocycles. The van der Waals surface area contributed by atoms with Crippen LogP contribution in [0.4, 0.5) is 14.5 Å². The first-order valence-electron chi connectivity index (χ1n) is 9.05. The molecule has 0 aliphatic carbocycles. The van der Waals surface area contributed by atoms with Gasteiger partial charge in [-0.3, -0.25) is 9.59 Å². The molecule has 3 aromatic carbocycles. The highest BCUT2D eigenvalue weighted by Crippen LogP contribution is 2.43. The summed E-state index contributed by atoms with van der Waals surface area (Å²) in [5.41, 5.74) is -0.501. The molecule has 3 aromatic rings. The number of hydrogen-bond donors (Lipinski definition) is 1. The molecule has 4 nitrogen and oxygen atoms in total. The summed E-state index contributed by atoms with van der Waals surface area (Å²) in [5.74, 6) is -2.05. The number of carbonyl (C=O) groups is 2. The van der Waals surface area contributed by atoms with Crippen molar-refractivity contribution in [3.63, 3.8) is 0 Å². The third-order valence-electron chi connectivity index (χ3n) is 5.05. The Morgan fingerprint density at radius 1 is 0.931 bits per heavy atom. The van der Waals surface area contributed by atoms with Gasteiger partial charge in [0.1, 0.15) is 11.6 Å². The topological polar surface area (TPSA) is 57.6 Å². The number of para-hydroxylation sites is 1. The zero-order chi connectivity index (χ0) is 20.6. The quantitative estimate of drug-likeness (QED) is 0.668. The number of benzene rings is 3. The molecule has 6 heteroatoms. The second-order valence-electron chi connectivity index (χ2n) is 7.01. The molecule has 1 aliphatic rings. The lowest BCUT2D eigenvalue weighted by molar-refractivity contribution is -0.136. The first-order chi connectivity index (χ1) is 13.9. The minimum Gasteiger partial charge on any atom is -0.375 e. The van der Waals surface area contributed by atoms with Gasteiger partial charge in [-0.15, -0.1) is 0 Å². The fraction of sp³-hybridized carbons (Fsp3) is 0.130. The Balaban J connectivity index is 1.67. The number of carbonyl (C=O) groups excluding carboxylic acids is 2. The third-order valence-corrected chi connectivity index (χ3v) is 5.05. The number of nitrogens with zero attached hydrogens (tertiary/aromatic N) is 1. The standard InChI is InChI=1S/C23H17F2NO3/c24-17-10-8-16(9-11-17)21(27)13-23(29)19-6-1-2-7-20(19)26(22(23)28)14-15-4-3-5-18(25)12-15/h1-12,29H,13-14H2. The zero-order valence-electron chi connectivity index (χ0n) is 15.3. The average Bonchev–Trinajstić information content (AvgIpc) is 2.91. The van der Waals surface area contributed by atoms with Crippen LogP contribution in [0.5, 0.6) is 0 Å². The molecule has 0 fully saturated rings. The Morgan fingerprint density at radius 2 is 1.66 bits per heavy atom. The van der Waals surface area contributed by atoms with Gasteiger partial charge < -0.3 is 10.0 Å². The van der Waals surface area contributed by atoms with Gasteiger partial charge in [0.2, 0.25) is 0 Å². The van der Waals surface area contributed by atoms with Crippen LogP contribution in [0.2, 0.25) is 0 Å². The smallest absolute Gasteiger partial charge is 0.264 e. The monoisotopic (exact) mass is 393 g/mol. The van der Waals surface area contributed by atoms with Crippen LogP contribution in [0, 0.1) is 11.6 Å². The number of aliphatic hydroxyl groups is 1. The molecule has 1 heterocycles. The van der Waals surface area contributed by atoms with Gasteiger partial charge >= 0.3 is 0 Å². The summed E-state index contributed by atoms with van der Waals surface area (Å²) in [6.45, 7) is 0.0562. The molecule has 0 spiro atoms. The summed E-state index contributed by atoms with van der Waals surface area (Å²) in [5, 5.41) is 11.2. The fourth-order valence-corrected chi connectivity index (χ4v) is 3.62. The Bertz CT molecular complexity index is 1100. The van der Waals surface area contributed by atoms with Crippen molar-refractivity contribution in [3.8, 4) is 0 Å². The van der Waals surface area contributed by atoms with Gasteiger partial charge in [0.25, 0.3) is 5.91 Å². The van der Waals surface area contributed by atoms with Crippen molar-refractivity contribution in [3.05, 3.63) is 101 Å². The minimum atomic E-state index is -2.05. The normalized spacial score (nSPS) is 18.0. The van der Waals surface area contributed by atoms with E-state index < -0.39 is 35.3 Å². The molecule has 1 aliphatic heterocycles. The number of rotatable bonds is 5. The number of anilines is 1. The molecule has 0 saturated heterocycles. The molecule has 0 saturated carbocycles. The second-order valence-corrected chi connectivity index (χ2v) is 7.01. The second kappa shape index (κ2) is 7.22. The maximum Gasteiger partial charge on any atom is 0.264 e. The summed E-state index contributed by atoms with van der Waals surface area (Å²) in [4.78, 5) is 27.2. The number of amides is 1. The van der Waals surface area contributed by atoms with Crippen molar-refractivity contribution in [2.24, 2.45) is 0 Å². The molecule has 146 valence electrons. The Morgan fingerprint density at radius 3 is 2.38 bits per heavy atom. The molecular weight excluding hydrogens is 376 g/mol. The number of ketones is 1. The zero-order valence-corrected chi connectivity index (χ0v) is 15.3. The number of halogens is 2. The molecule has 0 radical (unpaired) electrons. The van der Waals surface area contributed by atoms with E-state index in [-0.39, 0.29) is 12.1 Å². The summed E-state index contributed by atoms with van der Waals surface area (Å²) in [6, 6.07) is 17.4. The van der Waals surface area contributed by atoms with Crippen LogP contribution in [0.3, 0.4) is 0 Å². The van der Waals surface area contributed by atoms with E-state index in [0.717, 1.165) is 12.1 Å². The van der Waals surface area contributed by atoms with Crippen LogP contribution in [0.25, 0.3) is 0 Å². The van der Waals surface area contributed by atoms with Crippen molar-refractivity contribution in [2.45, 2.75) is 18.6 Å². The maximum absolute atomic E-state index is 13.6. The van der Waals surface area contributed by atoms with Crippen molar-refractivity contribution in [1.82, 2.24) is 0 Å². The van der Waals surface area contributed by atoms with E-state index in [1.807, 2.05) is 0 Å². The van der Waals surface area contributed by atoms with Crippen LogP contribution in [0.1, 0.15) is 27.9 Å². The van der Waals surface area contributed by atoms with E-state index >= 15 is 0 Å². The van der Waals surface area contributed by atoms with Crippen LogP contribution < -0.4 is 4.90 Å². The van der Waals surface area contributed by atoms with Crippen molar-refractivity contribution in [2.75, 3.05) is 4.90 Å². The predicted octanol–water partition coefficient (Wildman–Crippen LogP) is 3.97. The largest absolute Gasteiger partial charge is 0.375 e. The van der Waals surface area contributed by atoms with Gasteiger partial charge in [-0.1, -0.05) is 30.3 Å². The highest BCUT2D eigenvalue weighted by Gasteiger charge is 2.50. The number of fused-ring (bicyclic) bond motifs is 1. The first-order valence-corrected chi connectivity index (χ1v) is 9.05. The lowest BCUT2D eigenvalue weighted by Gasteiger charge is -2.23. The van der Waals surface area contributed by atoms with Crippen LogP contribution in [0.15, 0.2) is 72.8 Å². The van der Waals surface area contributed by atoms with Crippen molar-refractivity contribution >= 4 is 17.4 Å². The lowest BCUT2D eigenvalue weighted by atomic mass is 9.88. The number of hydrogen-bond acceptors (Lipinski definition) is 3. The summed E-state index contributed by atoms with van der Waals surface area (Å²) < 4.78 is 26.7. The average molecular weight is 393 g/mol. The molecule has 1 amide bonds. The summed E-state index contributed by atoms with van der Waals surface area (Å²) in [7, 11) is 0. The third kappa shape index (κ3) is 3.43. The Kier molecular flexibility index (Phi) is 4.72. The van der Waals surface area contributed by atoms with Gasteiger partial charge in [-0.2, -0.15) is 0 Å². The minimum absolute atomic E-state index is 0.0562. The van der Waals surface area contributed by atoms with Gasteiger partial charge in [0, 0.05) is 11.1 Å². The van der Waals surface area contributed by atoms with Crippen LogP contribution in [-0.4, -0.2) is 16.8 Å². The SMILES string of the molecule is O=C(CC1(O)C(=O)N(Cc2cccc(F)c2)c2ccccc21)c1ccc(F)cc1. The molecule has 1 N–H and O–H groups in total. The highest BCUT2D eigenvalue weighted by molar-refractivity contribution is 6.10. The van der Waals surface area contributed by atoms with Gasteiger partial charge in [-0.05, 0) is 48.0 Å². The molecular formula is C23H17F2NO3. The number of Topliss-reactive ketones (excluding diaryl/α,β-unsaturated/α-hetero) is 1. The predicted molar refractivity (Wildman–Crippen MR) is 103 cm³/mol. The van der Waals surface area contributed by atoms with E-state index in [4.69, 9.17) is 0 Å². The molecule has 4 rings (SSSR count). The molecule has 29 heavy (non-hydrogen) atoms. The van der Waals surface area contributed by atoms with E-state index in [1.54, 1.807) is 36.4 Å². The van der Waals surface area contributed by atoms with Crippen LogP contribution >= 0.6 is 0 Å². The van der Waals surface area contributed by atoms with Gasteiger partial charge in [-0.25, -0.2) is 8.78 Å². The summed E-state index contributed by atoms with van der Waals surface area (Å²) >= 11 is 0. The van der Waals surface area contributed by atoms with E-state index in [2.05, 4.69) is 0 Å². The van der Waals surface area contributed by atoms with E-state index in [1.165, 1.54) is 29.2 Å². The van der Waals surface area contributed by atoms with Crippen LogP contribution in [-0.2, 0) is 16.9 Å². The molecule has 1 unspecified atom stereocenters. The van der Waals surface area contributed by atoms with Gasteiger partial charge in [0.15, 0.2) is 11.4 Å². The van der Waals surface area contributed by atoms with Crippen molar-refractivity contribution < 1.29 is 23.5 Å². The first kappa shape index (κ1) is 19.0. The Hall–Kier alpha value is -3.38.